The summed E-state index contributed by atoms with van der Waals surface area (Å²) in [5.41, 5.74) is 0.321. The van der Waals surface area contributed by atoms with E-state index in [9.17, 15) is 9.59 Å². The monoisotopic (exact) mass is 354 g/mol. The summed E-state index contributed by atoms with van der Waals surface area (Å²) >= 11 is 1.39. The van der Waals surface area contributed by atoms with Crippen LogP contribution in [-0.4, -0.2) is 48.1 Å². The minimum Gasteiger partial charge on any atom is -0.461 e. The standard InChI is InChI=1S/C17H26N2O4S/c1-3-22-10-6-9-19(16(20)13-7-5-8-13)11-15-18-14(12-24-15)17(21)23-4-2/h12-13H,3-11H2,1-2H3. The first-order chi connectivity index (χ1) is 11.7. The molecular weight excluding hydrogens is 328 g/mol. The third kappa shape index (κ3) is 5.27. The Morgan fingerprint density at radius 3 is 2.75 bits per heavy atom. The second-order valence-electron chi connectivity index (χ2n) is 5.79. The molecule has 2 rings (SSSR count). The number of carbonyl (C=O) groups is 2. The Morgan fingerprint density at radius 2 is 2.12 bits per heavy atom. The van der Waals surface area contributed by atoms with Gasteiger partial charge in [0.1, 0.15) is 5.01 Å². The molecule has 0 unspecified atom stereocenters. The highest BCUT2D eigenvalue weighted by Gasteiger charge is 2.29. The third-order valence-electron chi connectivity index (χ3n) is 4.05. The van der Waals surface area contributed by atoms with Gasteiger partial charge in [0, 0.05) is 31.1 Å². The first-order valence-corrected chi connectivity index (χ1v) is 9.51. The van der Waals surface area contributed by atoms with E-state index in [0.717, 1.165) is 30.7 Å². The lowest BCUT2D eigenvalue weighted by atomic mass is 9.84. The summed E-state index contributed by atoms with van der Waals surface area (Å²) in [6.45, 7) is 6.50. The van der Waals surface area contributed by atoms with Gasteiger partial charge in [-0.15, -0.1) is 11.3 Å². The van der Waals surface area contributed by atoms with Crippen LogP contribution in [0.25, 0.3) is 0 Å². The SMILES string of the molecule is CCOCCCN(Cc1nc(C(=O)OCC)cs1)C(=O)C1CCC1. The second kappa shape index (κ2) is 9.74. The maximum absolute atomic E-state index is 12.6. The van der Waals surface area contributed by atoms with Crippen molar-refractivity contribution in [2.75, 3.05) is 26.4 Å². The van der Waals surface area contributed by atoms with Gasteiger partial charge in [-0.25, -0.2) is 9.78 Å². The molecule has 1 aliphatic carbocycles. The van der Waals surface area contributed by atoms with Crippen LogP contribution in [0.3, 0.4) is 0 Å². The van der Waals surface area contributed by atoms with Crippen molar-refractivity contribution in [3.8, 4) is 0 Å². The first-order valence-electron chi connectivity index (χ1n) is 8.63. The predicted molar refractivity (Wildman–Crippen MR) is 91.9 cm³/mol. The molecule has 1 aliphatic rings. The molecule has 0 spiro atoms. The van der Waals surface area contributed by atoms with Crippen molar-refractivity contribution >= 4 is 23.2 Å². The van der Waals surface area contributed by atoms with Crippen LogP contribution in [0, 0.1) is 5.92 Å². The van der Waals surface area contributed by atoms with E-state index in [4.69, 9.17) is 9.47 Å². The lowest BCUT2D eigenvalue weighted by Crippen LogP contribution is -2.39. The fourth-order valence-electron chi connectivity index (χ4n) is 2.53. The molecule has 6 nitrogen and oxygen atoms in total. The van der Waals surface area contributed by atoms with Crippen molar-refractivity contribution in [3.63, 3.8) is 0 Å². The van der Waals surface area contributed by atoms with Gasteiger partial charge in [0.2, 0.25) is 5.91 Å². The van der Waals surface area contributed by atoms with Crippen LogP contribution in [0.4, 0.5) is 0 Å². The molecule has 0 aliphatic heterocycles. The highest BCUT2D eigenvalue weighted by atomic mass is 32.1. The first kappa shape index (κ1) is 18.9. The summed E-state index contributed by atoms with van der Waals surface area (Å²) in [7, 11) is 0. The molecule has 0 radical (unpaired) electrons. The lowest BCUT2D eigenvalue weighted by molar-refractivity contribution is -0.139. The molecule has 7 heteroatoms. The van der Waals surface area contributed by atoms with E-state index < -0.39 is 5.97 Å². The number of amides is 1. The van der Waals surface area contributed by atoms with Crippen LogP contribution >= 0.6 is 11.3 Å². The fourth-order valence-corrected chi connectivity index (χ4v) is 3.31. The number of aromatic nitrogens is 1. The van der Waals surface area contributed by atoms with Gasteiger partial charge < -0.3 is 14.4 Å². The Labute approximate surface area is 147 Å². The average Bonchev–Trinajstić information content (AvgIpc) is 2.97. The number of hydrogen-bond acceptors (Lipinski definition) is 6. The largest absolute Gasteiger partial charge is 0.461 e. The van der Waals surface area contributed by atoms with E-state index in [1.54, 1.807) is 12.3 Å². The summed E-state index contributed by atoms with van der Waals surface area (Å²) in [6.07, 6.45) is 3.90. The van der Waals surface area contributed by atoms with Crippen LogP contribution in [0.5, 0.6) is 0 Å². The smallest absolute Gasteiger partial charge is 0.357 e. The van der Waals surface area contributed by atoms with Gasteiger partial charge in [0.05, 0.1) is 13.2 Å². The van der Waals surface area contributed by atoms with E-state index in [1.165, 1.54) is 11.3 Å². The van der Waals surface area contributed by atoms with Crippen LogP contribution in [0.2, 0.25) is 0 Å². The van der Waals surface area contributed by atoms with E-state index in [-0.39, 0.29) is 11.8 Å². The summed E-state index contributed by atoms with van der Waals surface area (Å²) in [6, 6.07) is 0. The number of thiazole rings is 1. The van der Waals surface area contributed by atoms with Gasteiger partial charge in [-0.2, -0.15) is 0 Å². The summed E-state index contributed by atoms with van der Waals surface area (Å²) in [5.74, 6) is -0.0552. The molecule has 134 valence electrons. The summed E-state index contributed by atoms with van der Waals surface area (Å²) in [4.78, 5) is 30.5. The summed E-state index contributed by atoms with van der Waals surface area (Å²) in [5, 5.41) is 2.46. The van der Waals surface area contributed by atoms with E-state index in [1.807, 2.05) is 11.8 Å². The highest BCUT2D eigenvalue weighted by Crippen LogP contribution is 2.29. The van der Waals surface area contributed by atoms with Gasteiger partial charge in [0.25, 0.3) is 0 Å². The van der Waals surface area contributed by atoms with Gasteiger partial charge in [-0.05, 0) is 33.1 Å². The Morgan fingerprint density at radius 1 is 1.33 bits per heavy atom. The Bertz CT molecular complexity index is 542. The minimum absolute atomic E-state index is 0.154. The van der Waals surface area contributed by atoms with Crippen molar-refractivity contribution in [1.29, 1.82) is 0 Å². The lowest BCUT2D eigenvalue weighted by Gasteiger charge is -2.31. The van der Waals surface area contributed by atoms with Crippen LogP contribution in [-0.2, 0) is 20.8 Å². The van der Waals surface area contributed by atoms with Crippen molar-refractivity contribution in [2.24, 2.45) is 5.92 Å². The third-order valence-corrected chi connectivity index (χ3v) is 4.88. The minimum atomic E-state index is -0.409. The molecule has 0 aromatic carbocycles. The molecule has 1 aromatic rings. The van der Waals surface area contributed by atoms with Crippen LogP contribution < -0.4 is 0 Å². The number of carbonyl (C=O) groups excluding carboxylic acids is 2. The average molecular weight is 354 g/mol. The molecule has 0 N–H and O–H groups in total. The van der Waals surface area contributed by atoms with E-state index >= 15 is 0 Å². The zero-order valence-electron chi connectivity index (χ0n) is 14.5. The number of hydrogen-bond donors (Lipinski definition) is 0. The Balaban J connectivity index is 1.95. The number of rotatable bonds is 10. The van der Waals surface area contributed by atoms with Gasteiger partial charge in [-0.3, -0.25) is 4.79 Å². The molecule has 1 fully saturated rings. The van der Waals surface area contributed by atoms with Crippen molar-refractivity contribution in [3.05, 3.63) is 16.1 Å². The number of ether oxygens (including phenoxy) is 2. The molecule has 1 saturated carbocycles. The maximum Gasteiger partial charge on any atom is 0.357 e. The Hall–Kier alpha value is -1.47. The van der Waals surface area contributed by atoms with Crippen molar-refractivity contribution in [2.45, 2.75) is 46.1 Å². The van der Waals surface area contributed by atoms with Gasteiger partial charge >= 0.3 is 5.97 Å². The predicted octanol–water partition coefficient (Wildman–Crippen LogP) is 2.88. The molecular formula is C17H26N2O4S. The van der Waals surface area contributed by atoms with E-state index in [0.29, 0.717) is 38.6 Å². The highest BCUT2D eigenvalue weighted by molar-refractivity contribution is 7.09. The van der Waals surface area contributed by atoms with Gasteiger partial charge in [0.15, 0.2) is 5.69 Å². The molecule has 0 bridgehead atoms. The topological polar surface area (TPSA) is 68.7 Å². The molecule has 0 saturated heterocycles. The normalized spacial score (nSPS) is 14.2. The number of esters is 1. The van der Waals surface area contributed by atoms with Crippen LogP contribution in [0.1, 0.15) is 55.0 Å². The van der Waals surface area contributed by atoms with Crippen molar-refractivity contribution in [1.82, 2.24) is 9.88 Å². The van der Waals surface area contributed by atoms with Crippen LogP contribution in [0.15, 0.2) is 5.38 Å². The second-order valence-corrected chi connectivity index (χ2v) is 6.73. The fraction of sp³-hybridized carbons (Fsp3) is 0.706. The number of nitrogens with zero attached hydrogens (tertiary/aromatic N) is 2. The maximum atomic E-state index is 12.6. The van der Waals surface area contributed by atoms with E-state index in [2.05, 4.69) is 4.98 Å². The van der Waals surface area contributed by atoms with Crippen molar-refractivity contribution < 1.29 is 19.1 Å². The molecule has 1 amide bonds. The Kier molecular flexibility index (Phi) is 7.65. The molecule has 0 atom stereocenters. The molecule has 1 heterocycles. The zero-order valence-corrected chi connectivity index (χ0v) is 15.3. The van der Waals surface area contributed by atoms with Gasteiger partial charge in [-0.1, -0.05) is 6.42 Å². The summed E-state index contributed by atoms with van der Waals surface area (Å²) < 4.78 is 10.3. The zero-order chi connectivity index (χ0) is 17.4. The quantitative estimate of drug-likeness (QED) is 0.477. The molecule has 1 aromatic heterocycles. The molecule has 24 heavy (non-hydrogen) atoms.